The molecule has 5 nitrogen and oxygen atoms in total. The minimum absolute atomic E-state index is 0.168. The molecule has 7 heteroatoms. The van der Waals surface area contributed by atoms with Crippen molar-refractivity contribution in [1.82, 2.24) is 15.2 Å². The molecule has 0 spiro atoms. The summed E-state index contributed by atoms with van der Waals surface area (Å²) in [5.41, 5.74) is 0.612. The van der Waals surface area contributed by atoms with Gasteiger partial charge in [0, 0.05) is 10.4 Å². The number of halogens is 1. The average molecular weight is 354 g/mol. The maximum Gasteiger partial charge on any atom is 0.208 e. The van der Waals surface area contributed by atoms with Gasteiger partial charge in [-0.1, -0.05) is 44.1 Å². The maximum absolute atomic E-state index is 11.9. The lowest BCUT2D eigenvalue weighted by Crippen LogP contribution is -2.22. The number of hydrogen-bond acceptors (Lipinski definition) is 5. The number of carbonyl (C=O) groups excluding carboxylic acids is 1. The van der Waals surface area contributed by atoms with E-state index in [9.17, 15) is 4.79 Å². The Balaban J connectivity index is 1.87. The summed E-state index contributed by atoms with van der Waals surface area (Å²) >= 11 is 7.31. The van der Waals surface area contributed by atoms with Crippen LogP contribution in [0.1, 0.15) is 32.2 Å². The van der Waals surface area contributed by atoms with E-state index in [0.29, 0.717) is 21.8 Å². The Labute approximate surface area is 145 Å². The molecule has 0 aliphatic rings. The van der Waals surface area contributed by atoms with Gasteiger partial charge in [-0.2, -0.15) is 0 Å². The van der Waals surface area contributed by atoms with Gasteiger partial charge in [0.15, 0.2) is 5.82 Å². The third-order valence-corrected chi connectivity index (χ3v) is 4.46. The summed E-state index contributed by atoms with van der Waals surface area (Å²) in [6, 6.07) is 5.48. The first-order valence-electron chi connectivity index (χ1n) is 7.22. The number of nitrogens with one attached hydrogen (secondary N) is 1. The smallest absolute Gasteiger partial charge is 0.208 e. The summed E-state index contributed by atoms with van der Waals surface area (Å²) in [6.07, 6.45) is 0. The van der Waals surface area contributed by atoms with Gasteiger partial charge in [0.2, 0.25) is 5.16 Å². The van der Waals surface area contributed by atoms with Crippen molar-refractivity contribution in [1.29, 1.82) is 0 Å². The van der Waals surface area contributed by atoms with Crippen molar-refractivity contribution in [3.8, 4) is 5.75 Å². The van der Waals surface area contributed by atoms with Crippen LogP contribution in [0.5, 0.6) is 5.75 Å². The standard InChI is InChI=1S/C16H20ClN3O2S/c1-10-7-11(5-6-12(10)17)22-8-14-18-15(20-19-14)23-9-13(21)16(2,3)4/h5-7H,8-9H2,1-4H3,(H,18,19,20). The first-order valence-corrected chi connectivity index (χ1v) is 8.58. The normalized spacial score (nSPS) is 11.5. The summed E-state index contributed by atoms with van der Waals surface area (Å²) in [6.45, 7) is 7.91. The minimum atomic E-state index is -0.346. The van der Waals surface area contributed by atoms with Gasteiger partial charge in [-0.05, 0) is 30.7 Å². The highest BCUT2D eigenvalue weighted by Crippen LogP contribution is 2.23. The monoisotopic (exact) mass is 353 g/mol. The molecule has 0 aliphatic carbocycles. The van der Waals surface area contributed by atoms with Crippen LogP contribution in [0.25, 0.3) is 0 Å². The molecule has 23 heavy (non-hydrogen) atoms. The van der Waals surface area contributed by atoms with Crippen LogP contribution in [0.4, 0.5) is 0 Å². The van der Waals surface area contributed by atoms with Crippen LogP contribution in [0.15, 0.2) is 23.4 Å². The van der Waals surface area contributed by atoms with Crippen molar-refractivity contribution in [2.75, 3.05) is 5.75 Å². The van der Waals surface area contributed by atoms with Gasteiger partial charge >= 0.3 is 0 Å². The molecule has 1 heterocycles. The second-order valence-electron chi connectivity index (χ2n) is 6.23. The van der Waals surface area contributed by atoms with E-state index in [1.165, 1.54) is 11.8 Å². The number of thioether (sulfide) groups is 1. The maximum atomic E-state index is 11.9. The van der Waals surface area contributed by atoms with Gasteiger partial charge in [-0.3, -0.25) is 9.89 Å². The van der Waals surface area contributed by atoms with E-state index in [4.69, 9.17) is 16.3 Å². The molecule has 0 aliphatic heterocycles. The molecule has 1 aromatic carbocycles. The van der Waals surface area contributed by atoms with E-state index in [1.54, 1.807) is 6.07 Å². The zero-order valence-corrected chi connectivity index (χ0v) is 15.2. The van der Waals surface area contributed by atoms with Crippen LogP contribution in [0.3, 0.4) is 0 Å². The number of Topliss-reactive ketones (excluding diaryl/α,β-unsaturated/α-hetero) is 1. The largest absolute Gasteiger partial charge is 0.486 e. The van der Waals surface area contributed by atoms with E-state index < -0.39 is 0 Å². The predicted molar refractivity (Wildman–Crippen MR) is 92.1 cm³/mol. The highest BCUT2D eigenvalue weighted by molar-refractivity contribution is 7.99. The topological polar surface area (TPSA) is 67.9 Å². The Morgan fingerprint density at radius 2 is 2.13 bits per heavy atom. The minimum Gasteiger partial charge on any atom is -0.486 e. The van der Waals surface area contributed by atoms with Crippen LogP contribution >= 0.6 is 23.4 Å². The van der Waals surface area contributed by atoms with E-state index >= 15 is 0 Å². The Morgan fingerprint density at radius 3 is 2.78 bits per heavy atom. The Bertz CT molecular complexity index is 695. The number of nitrogens with zero attached hydrogens (tertiary/aromatic N) is 2. The van der Waals surface area contributed by atoms with Crippen LogP contribution in [0, 0.1) is 12.3 Å². The van der Waals surface area contributed by atoms with E-state index in [0.717, 1.165) is 11.3 Å². The van der Waals surface area contributed by atoms with Gasteiger partial charge in [-0.15, -0.1) is 5.10 Å². The summed E-state index contributed by atoms with van der Waals surface area (Å²) in [7, 11) is 0. The van der Waals surface area contributed by atoms with Gasteiger partial charge in [0.25, 0.3) is 0 Å². The lowest BCUT2D eigenvalue weighted by atomic mass is 9.92. The second kappa shape index (κ2) is 7.36. The average Bonchev–Trinajstić information content (AvgIpc) is 2.93. The number of rotatable bonds is 6. The molecule has 0 amide bonds. The number of aromatic nitrogens is 3. The molecule has 2 aromatic rings. The van der Waals surface area contributed by atoms with Gasteiger partial charge in [-0.25, -0.2) is 4.98 Å². The first-order chi connectivity index (χ1) is 10.8. The van der Waals surface area contributed by atoms with Crippen LogP contribution in [0.2, 0.25) is 5.02 Å². The number of H-pyrrole nitrogens is 1. The van der Waals surface area contributed by atoms with Crippen molar-refractivity contribution in [3.05, 3.63) is 34.6 Å². The van der Waals surface area contributed by atoms with E-state index in [-0.39, 0.29) is 17.8 Å². The Hall–Kier alpha value is -1.53. The van der Waals surface area contributed by atoms with Crippen molar-refractivity contribution >= 4 is 29.1 Å². The number of benzene rings is 1. The molecule has 0 saturated heterocycles. The summed E-state index contributed by atoms with van der Waals surface area (Å²) < 4.78 is 5.65. The molecule has 0 fully saturated rings. The highest BCUT2D eigenvalue weighted by Gasteiger charge is 2.21. The van der Waals surface area contributed by atoms with Crippen molar-refractivity contribution in [2.45, 2.75) is 39.5 Å². The van der Waals surface area contributed by atoms with Crippen LogP contribution in [-0.4, -0.2) is 26.7 Å². The zero-order valence-electron chi connectivity index (χ0n) is 13.6. The quantitative estimate of drug-likeness (QED) is 0.793. The fraction of sp³-hybridized carbons (Fsp3) is 0.438. The fourth-order valence-electron chi connectivity index (χ4n) is 1.61. The molecular formula is C16H20ClN3O2S. The number of carbonyl (C=O) groups is 1. The predicted octanol–water partition coefficient (Wildman–Crippen LogP) is 4.05. The first kappa shape index (κ1) is 17.8. The van der Waals surface area contributed by atoms with Crippen LogP contribution in [-0.2, 0) is 11.4 Å². The van der Waals surface area contributed by atoms with Gasteiger partial charge < -0.3 is 4.74 Å². The molecule has 1 N–H and O–H groups in total. The fourth-order valence-corrected chi connectivity index (χ4v) is 2.71. The number of ketones is 1. The number of aryl methyl sites for hydroxylation is 1. The molecule has 124 valence electrons. The molecule has 0 radical (unpaired) electrons. The molecule has 2 rings (SSSR count). The van der Waals surface area contributed by atoms with Gasteiger partial charge in [0.1, 0.15) is 18.1 Å². The van der Waals surface area contributed by atoms with E-state index in [2.05, 4.69) is 15.2 Å². The number of hydrogen-bond donors (Lipinski definition) is 1. The third kappa shape index (κ3) is 5.25. The molecule has 0 bridgehead atoms. The van der Waals surface area contributed by atoms with Crippen LogP contribution < -0.4 is 4.74 Å². The molecule has 0 saturated carbocycles. The van der Waals surface area contributed by atoms with Gasteiger partial charge in [0.05, 0.1) is 5.75 Å². The molecule has 0 atom stereocenters. The lowest BCUT2D eigenvalue weighted by molar-refractivity contribution is -0.123. The Kier molecular flexibility index (Phi) is 5.70. The second-order valence-corrected chi connectivity index (χ2v) is 7.58. The summed E-state index contributed by atoms with van der Waals surface area (Å²) in [5, 5.41) is 8.16. The zero-order chi connectivity index (χ0) is 17.0. The van der Waals surface area contributed by atoms with Crippen molar-refractivity contribution < 1.29 is 9.53 Å². The Morgan fingerprint density at radius 1 is 1.39 bits per heavy atom. The molecule has 0 unspecified atom stereocenters. The third-order valence-electron chi connectivity index (χ3n) is 3.19. The lowest BCUT2D eigenvalue weighted by Gasteiger charge is -2.15. The molecule has 1 aromatic heterocycles. The highest BCUT2D eigenvalue weighted by atomic mass is 35.5. The van der Waals surface area contributed by atoms with Crippen molar-refractivity contribution in [2.24, 2.45) is 5.41 Å². The summed E-state index contributed by atoms with van der Waals surface area (Å²) in [4.78, 5) is 16.2. The molecular weight excluding hydrogens is 334 g/mol. The summed E-state index contributed by atoms with van der Waals surface area (Å²) in [5.74, 6) is 1.86. The number of ether oxygens (including phenoxy) is 1. The SMILES string of the molecule is Cc1cc(OCc2nc(SCC(=O)C(C)(C)C)n[nH]2)ccc1Cl. The van der Waals surface area contributed by atoms with Crippen molar-refractivity contribution in [3.63, 3.8) is 0 Å². The van der Waals surface area contributed by atoms with E-state index in [1.807, 2.05) is 39.8 Å². The number of aromatic amines is 1.